The van der Waals surface area contributed by atoms with Crippen molar-refractivity contribution in [2.75, 3.05) is 0 Å². The fourth-order valence-corrected chi connectivity index (χ4v) is 14.1. The Bertz CT molecular complexity index is 6960. The van der Waals surface area contributed by atoms with E-state index in [2.05, 4.69) is 214 Å². The van der Waals surface area contributed by atoms with Crippen LogP contribution in [0.1, 0.15) is 56.1 Å². The molecule has 1 N–H and O–H groups in total. The molecule has 0 unspecified atom stereocenters. The van der Waals surface area contributed by atoms with Crippen molar-refractivity contribution in [1.29, 1.82) is 0 Å². The monoisotopic (exact) mass is 2680 g/mol. The summed E-state index contributed by atoms with van der Waals surface area (Å²) in [6, 6.07) is 167. The van der Waals surface area contributed by atoms with Gasteiger partial charge >= 0.3 is 0 Å². The van der Waals surface area contributed by atoms with Crippen LogP contribution < -0.4 is 0 Å². The van der Waals surface area contributed by atoms with E-state index >= 15 is 0 Å². The summed E-state index contributed by atoms with van der Waals surface area (Å²) in [5.41, 5.74) is 25.6. The van der Waals surface area contributed by atoms with Crippen molar-refractivity contribution < 1.29 is 115 Å². The van der Waals surface area contributed by atoms with Gasteiger partial charge in [0, 0.05) is 149 Å². The molecule has 7 aromatic heterocycles. The Morgan fingerprint density at radius 1 is 0.290 bits per heavy atom. The van der Waals surface area contributed by atoms with Gasteiger partial charge in [0.05, 0.1) is 16.8 Å². The summed E-state index contributed by atoms with van der Waals surface area (Å²) in [7, 11) is 0. The molecule has 0 aliphatic carbocycles. The van der Waals surface area contributed by atoms with E-state index < -0.39 is 0 Å². The number of nitrogens with zero attached hydrogens (tertiary/aromatic N) is 7. The average Bonchev–Trinajstić information content (AvgIpc) is 0.782. The molecule has 15 heteroatoms. The molecule has 14 aromatic carbocycles. The normalized spacial score (nSPS) is 10.2. The minimum absolute atomic E-state index is 0. The smallest absolute Gasteiger partial charge is 0.155 e. The predicted molar refractivity (Wildman–Crippen MR) is 544 cm³/mol. The first-order chi connectivity index (χ1) is 65.2. The minimum atomic E-state index is -0.125. The van der Waals surface area contributed by atoms with Crippen LogP contribution in [0.4, 0.5) is 0 Å². The summed E-state index contributed by atoms with van der Waals surface area (Å²) in [5, 5.41) is 13.1. The number of aromatic nitrogens is 7. The van der Waals surface area contributed by atoms with Gasteiger partial charge in [-0.2, -0.15) is 0 Å². The number of para-hydroxylation sites is 2. The maximum atomic E-state index is 12.4. The fourth-order valence-electron chi connectivity index (χ4n) is 14.1. The summed E-state index contributed by atoms with van der Waals surface area (Å²) in [6.07, 6.45) is 10.4. The van der Waals surface area contributed by atoms with Crippen LogP contribution in [0.2, 0.25) is 0 Å². The molecule has 21 aromatic rings. The van der Waals surface area contributed by atoms with Crippen LogP contribution in [0.3, 0.4) is 0 Å². The van der Waals surface area contributed by atoms with E-state index in [-0.39, 0.29) is 123 Å². The Morgan fingerprint density at radius 3 is 1.24 bits per heavy atom. The Kier molecular flexibility index (Phi) is 44.1. The molecule has 138 heavy (non-hydrogen) atoms. The van der Waals surface area contributed by atoms with Crippen LogP contribution in [0.15, 0.2) is 480 Å². The fraction of sp³-hybridized carbons (Fsp3) is 0.0488. The topological polar surface area (TPSA) is 145 Å². The first-order valence-corrected chi connectivity index (χ1v) is 43.6. The Morgan fingerprint density at radius 2 is 0.725 bits per heavy atom. The van der Waals surface area contributed by atoms with Crippen molar-refractivity contribution in [1.82, 2.24) is 34.9 Å². The molecule has 0 spiro atoms. The van der Waals surface area contributed by atoms with Crippen LogP contribution in [-0.4, -0.2) is 51.6 Å². The van der Waals surface area contributed by atoms with Gasteiger partial charge in [0.2, 0.25) is 0 Å². The standard InChI is InChI=1S/C22H20NO.C21H14N.2C17H12N.2C15H10N.C11H8N.C5H8O2.5Ir/c1-22(2,3)19-13-14-20(23-15-19)16-9-11-18(12-10-16)21(24)17-7-5-4-6-8-17;1-3-9-16(10-4-1)19-15-21(17-11-5-2-6-12-17)22-20-14-8-7-13-18(19)20;1-3-7-14(8-4-1)16-11-12-18-17(13-16)15-9-5-2-6-10-15;1-2-7-14(8-3-1)15-9-6-10-16(13-15)17-11-4-5-12-18-17;1-2-7-13(8-3-1)15-14-9-5-4-6-12(14)10-11-16-15;1-2-6-12(7-3-1)15-11-10-13-8-4-5-9-14(13)16-15;1-2-6-10(7-3-1)11-8-4-5-9-12-11;1-4(6)3-5(2)7;;;;;/h4-9,11-15H,1-3H3;1-11,13-15H;2*1-9,11-13H;1-7,9-11H;1-6,8-11H;1-6,8-9H;3,6H,1-2H3;;;;;/q7*-1;;;;;;. The zero-order chi connectivity index (χ0) is 92.0. The van der Waals surface area contributed by atoms with Gasteiger partial charge in [-0.15, -0.1) is 245 Å². The Labute approximate surface area is 876 Å². The number of aliphatic hydroxyl groups is 1. The van der Waals surface area contributed by atoms with E-state index in [9.17, 15) is 9.59 Å². The zero-order valence-corrected chi connectivity index (χ0v) is 88.1. The summed E-state index contributed by atoms with van der Waals surface area (Å²) in [6.45, 7) is 9.35. The summed E-state index contributed by atoms with van der Waals surface area (Å²) in [4.78, 5) is 53.8. The number of pyridine rings is 7. The molecule has 0 aliphatic heterocycles. The number of carbonyl (C=O) groups is 2. The van der Waals surface area contributed by atoms with E-state index in [1.165, 1.54) is 80.4 Å². The molecule has 7 heterocycles. The molecule has 10 nitrogen and oxygen atoms in total. The number of hydrogen-bond acceptors (Lipinski definition) is 10. The molecule has 5 radical (unpaired) electrons. The van der Waals surface area contributed by atoms with Gasteiger partial charge in [-0.1, -0.05) is 269 Å². The number of ketones is 2. The third kappa shape index (κ3) is 32.1. The number of benzene rings is 14. The second kappa shape index (κ2) is 56.5. The van der Waals surface area contributed by atoms with Crippen molar-refractivity contribution >= 4 is 44.1 Å². The van der Waals surface area contributed by atoms with Crippen LogP contribution in [0.25, 0.3) is 145 Å². The van der Waals surface area contributed by atoms with E-state index in [1.807, 2.05) is 328 Å². The first-order valence-electron chi connectivity index (χ1n) is 43.6. The molecule has 0 amide bonds. The van der Waals surface area contributed by atoms with Crippen molar-refractivity contribution in [3.8, 4) is 112 Å². The maximum Gasteiger partial charge on any atom is 0.155 e. The molecule has 691 valence electrons. The molecular formula is C123H94Ir5N7O3-7. The minimum Gasteiger partial charge on any atom is -0.512 e. The molecule has 0 fully saturated rings. The number of aliphatic hydroxyl groups excluding tert-OH is 1. The number of hydrogen-bond donors (Lipinski definition) is 1. The van der Waals surface area contributed by atoms with Crippen molar-refractivity contribution in [2.45, 2.75) is 40.0 Å². The zero-order valence-electron chi connectivity index (χ0n) is 76.1. The van der Waals surface area contributed by atoms with E-state index in [0.717, 1.165) is 89.8 Å². The molecule has 0 saturated carbocycles. The molecular weight excluding hydrogens is 2580 g/mol. The molecule has 0 bridgehead atoms. The summed E-state index contributed by atoms with van der Waals surface area (Å²) >= 11 is 0. The Hall–Kier alpha value is -14.0. The maximum absolute atomic E-state index is 12.4. The largest absolute Gasteiger partial charge is 0.512 e. The second-order valence-electron chi connectivity index (χ2n) is 31.4. The van der Waals surface area contributed by atoms with Gasteiger partial charge in [-0.05, 0) is 145 Å². The quantitative estimate of drug-likeness (QED) is 0.0512. The third-order valence-corrected chi connectivity index (χ3v) is 20.8. The molecule has 0 aliphatic rings. The molecule has 0 saturated heterocycles. The summed E-state index contributed by atoms with van der Waals surface area (Å²) in [5.74, 6) is -0.0538. The summed E-state index contributed by atoms with van der Waals surface area (Å²) < 4.78 is 0. The number of carbonyl (C=O) groups excluding carboxylic acids is 2. The third-order valence-electron chi connectivity index (χ3n) is 20.8. The SMILES string of the molecule is CC(=O)C=C(C)O.CC(C)(C)c1ccc(-c2[c-]cc(C(=O)c3ccccc3)cc2)nc1.[Ir].[Ir].[Ir].[Ir].[Ir].[c-]1ccc(-c2ccccc2)cc1-c1ccccn1.[c-]1ccccc1-c1cc(-c2ccccc2)c2ccccc2n1.[c-]1ccccc1-c1cc(-c2ccccc2)ccn1.[c-]1ccccc1-c1ccc2ccccc2n1.[c-]1ccccc1-c1ccccn1.[c-]1ccccc1-c1nccc2ccccc12. The first kappa shape index (κ1) is 108. The van der Waals surface area contributed by atoms with Gasteiger partial charge in [0.1, 0.15) is 0 Å². The second-order valence-corrected chi connectivity index (χ2v) is 31.4. The van der Waals surface area contributed by atoms with Crippen molar-refractivity contribution in [2.24, 2.45) is 0 Å². The number of rotatable bonds is 13. The van der Waals surface area contributed by atoms with Crippen LogP contribution in [0.5, 0.6) is 0 Å². The van der Waals surface area contributed by atoms with Crippen LogP contribution in [-0.2, 0) is 111 Å². The molecule has 0 atom stereocenters. The van der Waals surface area contributed by atoms with Crippen molar-refractivity contribution in [3.63, 3.8) is 0 Å². The van der Waals surface area contributed by atoms with E-state index in [1.54, 1.807) is 18.5 Å². The van der Waals surface area contributed by atoms with Gasteiger partial charge in [-0.25, -0.2) is 0 Å². The van der Waals surface area contributed by atoms with Gasteiger partial charge in [-0.3, -0.25) is 19.6 Å². The number of fused-ring (bicyclic) bond motifs is 3. The van der Waals surface area contributed by atoms with E-state index in [0.29, 0.717) is 11.1 Å². The van der Waals surface area contributed by atoms with E-state index in [4.69, 9.17) is 10.1 Å². The van der Waals surface area contributed by atoms with Gasteiger partial charge in [0.15, 0.2) is 11.6 Å². The number of allylic oxidation sites excluding steroid dienone is 2. The Balaban J connectivity index is 0.000000178. The van der Waals surface area contributed by atoms with Crippen LogP contribution >= 0.6 is 0 Å². The van der Waals surface area contributed by atoms with Gasteiger partial charge in [0.25, 0.3) is 0 Å². The molecule has 21 rings (SSSR count). The van der Waals surface area contributed by atoms with Crippen molar-refractivity contribution in [3.05, 3.63) is 539 Å². The average molecular weight is 2680 g/mol. The predicted octanol–water partition coefficient (Wildman–Crippen LogP) is 29.9. The van der Waals surface area contributed by atoms with Crippen LogP contribution in [0, 0.1) is 42.5 Å². The van der Waals surface area contributed by atoms with Gasteiger partial charge < -0.3 is 30.0 Å².